The average molecular weight is 254 g/mol. The van der Waals surface area contributed by atoms with Crippen molar-refractivity contribution in [3.05, 3.63) is 0 Å². The monoisotopic (exact) mass is 254 g/mol. The molecule has 0 radical (unpaired) electrons. The SMILES string of the molecule is CCC1(C)NC(=O)C(C)N(CC2CCCO2)C1=O. The van der Waals surface area contributed by atoms with Crippen LogP contribution in [0.2, 0.25) is 0 Å². The van der Waals surface area contributed by atoms with E-state index in [0.717, 1.165) is 19.4 Å². The van der Waals surface area contributed by atoms with Crippen molar-refractivity contribution in [3.63, 3.8) is 0 Å². The fourth-order valence-corrected chi connectivity index (χ4v) is 2.55. The Hall–Kier alpha value is -1.10. The topological polar surface area (TPSA) is 58.6 Å². The van der Waals surface area contributed by atoms with Gasteiger partial charge >= 0.3 is 0 Å². The molecule has 2 fully saturated rings. The molecule has 0 aromatic carbocycles. The fraction of sp³-hybridized carbons (Fsp3) is 0.846. The first-order valence-corrected chi connectivity index (χ1v) is 6.72. The van der Waals surface area contributed by atoms with Crippen LogP contribution in [0.25, 0.3) is 0 Å². The van der Waals surface area contributed by atoms with Crippen LogP contribution in [-0.4, -0.2) is 47.6 Å². The fourth-order valence-electron chi connectivity index (χ4n) is 2.55. The van der Waals surface area contributed by atoms with Gasteiger partial charge in [-0.05, 0) is 33.1 Å². The summed E-state index contributed by atoms with van der Waals surface area (Å²) in [4.78, 5) is 26.1. The lowest BCUT2D eigenvalue weighted by Gasteiger charge is -2.43. The van der Waals surface area contributed by atoms with Gasteiger partial charge in [-0.3, -0.25) is 9.59 Å². The van der Waals surface area contributed by atoms with Crippen LogP contribution in [0.3, 0.4) is 0 Å². The van der Waals surface area contributed by atoms with Crippen LogP contribution in [-0.2, 0) is 14.3 Å². The first-order chi connectivity index (χ1) is 8.48. The van der Waals surface area contributed by atoms with Crippen LogP contribution in [0, 0.1) is 0 Å². The van der Waals surface area contributed by atoms with Crippen LogP contribution in [0.15, 0.2) is 0 Å². The number of piperazine rings is 1. The maximum Gasteiger partial charge on any atom is 0.248 e. The van der Waals surface area contributed by atoms with Crippen molar-refractivity contribution in [2.75, 3.05) is 13.2 Å². The number of carbonyl (C=O) groups is 2. The molecule has 2 heterocycles. The van der Waals surface area contributed by atoms with Crippen molar-refractivity contribution < 1.29 is 14.3 Å². The molecule has 5 nitrogen and oxygen atoms in total. The summed E-state index contributed by atoms with van der Waals surface area (Å²) >= 11 is 0. The van der Waals surface area contributed by atoms with Gasteiger partial charge in [-0.2, -0.15) is 0 Å². The molecule has 102 valence electrons. The predicted molar refractivity (Wildman–Crippen MR) is 67.0 cm³/mol. The molecular weight excluding hydrogens is 232 g/mol. The summed E-state index contributed by atoms with van der Waals surface area (Å²) in [5.74, 6) is -0.0652. The van der Waals surface area contributed by atoms with E-state index >= 15 is 0 Å². The normalized spacial score (nSPS) is 36.9. The lowest BCUT2D eigenvalue weighted by molar-refractivity contribution is -0.155. The van der Waals surface area contributed by atoms with Gasteiger partial charge in [0.25, 0.3) is 0 Å². The zero-order chi connectivity index (χ0) is 13.3. The first kappa shape index (κ1) is 13.3. The lowest BCUT2D eigenvalue weighted by Crippen LogP contribution is -2.69. The molecule has 3 atom stereocenters. The summed E-state index contributed by atoms with van der Waals surface area (Å²) in [6.07, 6.45) is 2.70. The number of carbonyl (C=O) groups excluding carboxylic acids is 2. The molecule has 2 saturated heterocycles. The van der Waals surface area contributed by atoms with E-state index in [0.29, 0.717) is 13.0 Å². The van der Waals surface area contributed by atoms with Crippen LogP contribution in [0.5, 0.6) is 0 Å². The summed E-state index contributed by atoms with van der Waals surface area (Å²) in [6, 6.07) is -0.402. The highest BCUT2D eigenvalue weighted by atomic mass is 16.5. The number of amides is 2. The molecule has 2 aliphatic rings. The molecule has 0 aromatic rings. The van der Waals surface area contributed by atoms with E-state index in [1.807, 2.05) is 6.92 Å². The Kier molecular flexibility index (Phi) is 3.61. The molecule has 0 aliphatic carbocycles. The summed E-state index contributed by atoms with van der Waals surface area (Å²) in [5.41, 5.74) is -0.762. The molecular formula is C13H22N2O3. The zero-order valence-corrected chi connectivity index (χ0v) is 11.4. The van der Waals surface area contributed by atoms with Crippen LogP contribution in [0.1, 0.15) is 40.0 Å². The number of nitrogens with zero attached hydrogens (tertiary/aromatic N) is 1. The Balaban J connectivity index is 2.14. The maximum atomic E-state index is 12.5. The molecule has 5 heteroatoms. The third-order valence-electron chi connectivity index (χ3n) is 4.11. The van der Waals surface area contributed by atoms with Crippen LogP contribution in [0.4, 0.5) is 0 Å². The second kappa shape index (κ2) is 4.88. The van der Waals surface area contributed by atoms with Gasteiger partial charge in [0.1, 0.15) is 11.6 Å². The molecule has 2 aliphatic heterocycles. The van der Waals surface area contributed by atoms with E-state index in [2.05, 4.69) is 5.32 Å². The highest BCUT2D eigenvalue weighted by Crippen LogP contribution is 2.23. The molecule has 1 N–H and O–H groups in total. The number of hydrogen-bond donors (Lipinski definition) is 1. The maximum absolute atomic E-state index is 12.5. The van der Waals surface area contributed by atoms with Gasteiger partial charge in [-0.15, -0.1) is 0 Å². The molecule has 3 unspecified atom stereocenters. The van der Waals surface area contributed by atoms with E-state index in [1.54, 1.807) is 18.7 Å². The van der Waals surface area contributed by atoms with E-state index in [-0.39, 0.29) is 17.9 Å². The number of ether oxygens (including phenoxy) is 1. The molecule has 2 amide bonds. The second-order valence-electron chi connectivity index (χ2n) is 5.44. The van der Waals surface area contributed by atoms with Crippen molar-refractivity contribution in [2.24, 2.45) is 0 Å². The third-order valence-corrected chi connectivity index (χ3v) is 4.11. The highest BCUT2D eigenvalue weighted by Gasteiger charge is 2.45. The Morgan fingerprint density at radius 3 is 2.78 bits per heavy atom. The number of nitrogens with one attached hydrogen (secondary N) is 1. The number of rotatable bonds is 3. The minimum Gasteiger partial charge on any atom is -0.376 e. The minimum absolute atomic E-state index is 0.00704. The van der Waals surface area contributed by atoms with Gasteiger partial charge in [0.05, 0.1) is 6.10 Å². The Morgan fingerprint density at radius 1 is 1.50 bits per heavy atom. The standard InChI is InChI=1S/C13H22N2O3/c1-4-13(3)12(17)15(9(2)11(16)14-13)8-10-6-5-7-18-10/h9-10H,4-8H2,1-3H3,(H,14,16). The van der Waals surface area contributed by atoms with Crippen molar-refractivity contribution in [1.29, 1.82) is 0 Å². The predicted octanol–water partition coefficient (Wildman–Crippen LogP) is 0.681. The van der Waals surface area contributed by atoms with Gasteiger partial charge in [0.2, 0.25) is 11.8 Å². The van der Waals surface area contributed by atoms with Gasteiger partial charge in [-0.25, -0.2) is 0 Å². The summed E-state index contributed by atoms with van der Waals surface area (Å²) in [5, 5.41) is 2.83. The van der Waals surface area contributed by atoms with Crippen LogP contribution >= 0.6 is 0 Å². The van der Waals surface area contributed by atoms with Gasteiger partial charge in [0.15, 0.2) is 0 Å². The van der Waals surface area contributed by atoms with Gasteiger partial charge < -0.3 is 15.0 Å². The van der Waals surface area contributed by atoms with Crippen molar-refractivity contribution in [3.8, 4) is 0 Å². The van der Waals surface area contributed by atoms with E-state index in [4.69, 9.17) is 4.74 Å². The molecule has 0 spiro atoms. The Morgan fingerprint density at radius 2 is 2.22 bits per heavy atom. The highest BCUT2D eigenvalue weighted by molar-refractivity contribution is 5.99. The Bertz CT molecular complexity index is 352. The largest absolute Gasteiger partial charge is 0.376 e. The van der Waals surface area contributed by atoms with E-state index < -0.39 is 11.6 Å². The second-order valence-corrected chi connectivity index (χ2v) is 5.44. The number of hydrogen-bond acceptors (Lipinski definition) is 3. The van der Waals surface area contributed by atoms with E-state index in [1.165, 1.54) is 0 Å². The van der Waals surface area contributed by atoms with E-state index in [9.17, 15) is 9.59 Å². The van der Waals surface area contributed by atoms with Gasteiger partial charge in [0, 0.05) is 13.2 Å². The van der Waals surface area contributed by atoms with Crippen molar-refractivity contribution >= 4 is 11.8 Å². The molecule has 2 rings (SSSR count). The zero-order valence-electron chi connectivity index (χ0n) is 11.4. The van der Waals surface area contributed by atoms with Crippen LogP contribution < -0.4 is 5.32 Å². The molecule has 0 aromatic heterocycles. The molecule has 18 heavy (non-hydrogen) atoms. The minimum atomic E-state index is -0.762. The summed E-state index contributed by atoms with van der Waals surface area (Å²) < 4.78 is 5.56. The quantitative estimate of drug-likeness (QED) is 0.806. The first-order valence-electron chi connectivity index (χ1n) is 6.72. The third kappa shape index (κ3) is 2.23. The molecule has 0 saturated carbocycles. The lowest BCUT2D eigenvalue weighted by atomic mass is 9.92. The van der Waals surface area contributed by atoms with Crippen molar-refractivity contribution in [1.82, 2.24) is 10.2 Å². The average Bonchev–Trinajstić information content (AvgIpc) is 2.85. The molecule has 0 bridgehead atoms. The van der Waals surface area contributed by atoms with Crippen molar-refractivity contribution in [2.45, 2.75) is 57.7 Å². The Labute approximate surface area is 108 Å². The van der Waals surface area contributed by atoms with Gasteiger partial charge in [-0.1, -0.05) is 6.92 Å². The smallest absolute Gasteiger partial charge is 0.248 e. The summed E-state index contributed by atoms with van der Waals surface area (Å²) in [6.45, 7) is 6.78. The summed E-state index contributed by atoms with van der Waals surface area (Å²) in [7, 11) is 0.